The van der Waals surface area contributed by atoms with Gasteiger partial charge in [0.15, 0.2) is 0 Å². The summed E-state index contributed by atoms with van der Waals surface area (Å²) < 4.78 is 0. The summed E-state index contributed by atoms with van der Waals surface area (Å²) in [6.07, 6.45) is 1.24. The Balaban J connectivity index is 3.48. The van der Waals surface area contributed by atoms with Crippen LogP contribution in [0.2, 0.25) is 0 Å². The number of amides is 2. The Hall–Kier alpha value is -1.61. The molecule has 17 heavy (non-hydrogen) atoms. The third-order valence-corrected chi connectivity index (χ3v) is 2.20. The number of nitrogens with zero attached hydrogens (tertiary/aromatic N) is 1. The summed E-state index contributed by atoms with van der Waals surface area (Å²) in [4.78, 5) is 22.4. The molecule has 3 N–H and O–H groups in total. The average molecular weight is 240 g/mol. The number of nitrogens with one attached hydrogen (secondary N) is 3. The van der Waals surface area contributed by atoms with Gasteiger partial charge in [-0.15, -0.1) is 0 Å². The first-order chi connectivity index (χ1) is 8.10. The molecule has 0 aromatic heterocycles. The van der Waals surface area contributed by atoms with Gasteiger partial charge in [-0.25, -0.2) is 0 Å². The Labute approximate surface area is 102 Å². The maximum atomic E-state index is 11.3. The first-order valence-corrected chi connectivity index (χ1v) is 5.73. The molecule has 0 aliphatic carbocycles. The van der Waals surface area contributed by atoms with E-state index >= 15 is 0 Å². The minimum absolute atomic E-state index is 0.00894. The first kappa shape index (κ1) is 15.4. The van der Waals surface area contributed by atoms with Crippen LogP contribution in [0.25, 0.3) is 0 Å². The summed E-state index contributed by atoms with van der Waals surface area (Å²) in [5.74, 6) is -0.266. The molecule has 1 unspecified atom stereocenters. The fourth-order valence-corrected chi connectivity index (χ4v) is 1.05. The summed E-state index contributed by atoms with van der Waals surface area (Å²) in [6.45, 7) is 4.53. The minimum Gasteiger partial charge on any atom is -0.354 e. The molecule has 0 aromatic rings. The van der Waals surface area contributed by atoms with Crippen LogP contribution in [0.4, 0.5) is 0 Å². The maximum absolute atomic E-state index is 11.3. The standard InChI is InChI=1S/C11H20N4O2/c1-3-9(2)15-10(16)4-6-13-8-11(17)14-7-5-12/h9,13H,3-4,6-8H2,1-2H3,(H,14,17)(H,15,16). The number of nitriles is 1. The number of hydrogen-bond acceptors (Lipinski definition) is 4. The van der Waals surface area contributed by atoms with Gasteiger partial charge in [-0.05, 0) is 13.3 Å². The highest BCUT2D eigenvalue weighted by Gasteiger charge is 2.05. The van der Waals surface area contributed by atoms with Gasteiger partial charge in [0.25, 0.3) is 0 Å². The second-order valence-corrected chi connectivity index (χ2v) is 3.74. The van der Waals surface area contributed by atoms with E-state index in [-0.39, 0.29) is 30.9 Å². The van der Waals surface area contributed by atoms with Crippen LogP contribution < -0.4 is 16.0 Å². The van der Waals surface area contributed by atoms with E-state index in [2.05, 4.69) is 16.0 Å². The van der Waals surface area contributed by atoms with E-state index in [0.717, 1.165) is 6.42 Å². The van der Waals surface area contributed by atoms with Crippen molar-refractivity contribution in [1.82, 2.24) is 16.0 Å². The van der Waals surface area contributed by atoms with Crippen LogP contribution in [-0.4, -0.2) is 37.5 Å². The zero-order chi connectivity index (χ0) is 13.1. The second-order valence-electron chi connectivity index (χ2n) is 3.74. The van der Waals surface area contributed by atoms with Crippen molar-refractivity contribution in [3.05, 3.63) is 0 Å². The van der Waals surface area contributed by atoms with Gasteiger partial charge in [0.1, 0.15) is 6.54 Å². The topological polar surface area (TPSA) is 94.0 Å². The lowest BCUT2D eigenvalue weighted by Gasteiger charge is -2.11. The quantitative estimate of drug-likeness (QED) is 0.394. The number of rotatable bonds is 8. The van der Waals surface area contributed by atoms with E-state index in [4.69, 9.17) is 5.26 Å². The van der Waals surface area contributed by atoms with Crippen molar-refractivity contribution in [2.75, 3.05) is 19.6 Å². The smallest absolute Gasteiger partial charge is 0.234 e. The average Bonchev–Trinajstić information content (AvgIpc) is 2.31. The van der Waals surface area contributed by atoms with Crippen LogP contribution in [0, 0.1) is 11.3 Å². The van der Waals surface area contributed by atoms with E-state index < -0.39 is 0 Å². The van der Waals surface area contributed by atoms with E-state index in [0.29, 0.717) is 13.0 Å². The molecule has 0 saturated heterocycles. The van der Waals surface area contributed by atoms with Crippen LogP contribution in [0.1, 0.15) is 26.7 Å². The Kier molecular flexibility index (Phi) is 8.69. The van der Waals surface area contributed by atoms with Gasteiger partial charge in [0.2, 0.25) is 11.8 Å². The third-order valence-electron chi connectivity index (χ3n) is 2.20. The first-order valence-electron chi connectivity index (χ1n) is 5.73. The van der Waals surface area contributed by atoms with Crippen LogP contribution in [0.15, 0.2) is 0 Å². The largest absolute Gasteiger partial charge is 0.354 e. The lowest BCUT2D eigenvalue weighted by atomic mass is 10.2. The third kappa shape index (κ3) is 9.33. The number of carbonyl (C=O) groups excluding carboxylic acids is 2. The monoisotopic (exact) mass is 240 g/mol. The zero-order valence-electron chi connectivity index (χ0n) is 10.4. The fraction of sp³-hybridized carbons (Fsp3) is 0.727. The van der Waals surface area contributed by atoms with Crippen LogP contribution in [-0.2, 0) is 9.59 Å². The van der Waals surface area contributed by atoms with E-state index in [9.17, 15) is 9.59 Å². The fourth-order valence-electron chi connectivity index (χ4n) is 1.05. The Morgan fingerprint density at radius 2 is 2.06 bits per heavy atom. The van der Waals surface area contributed by atoms with Crippen LogP contribution in [0.3, 0.4) is 0 Å². The molecule has 0 aromatic carbocycles. The predicted molar refractivity (Wildman–Crippen MR) is 64.0 cm³/mol. The molecular weight excluding hydrogens is 220 g/mol. The highest BCUT2D eigenvalue weighted by atomic mass is 16.2. The van der Waals surface area contributed by atoms with Crippen LogP contribution in [0.5, 0.6) is 0 Å². The van der Waals surface area contributed by atoms with Crippen molar-refractivity contribution in [1.29, 1.82) is 5.26 Å². The number of hydrogen-bond donors (Lipinski definition) is 3. The van der Waals surface area contributed by atoms with Gasteiger partial charge in [-0.3, -0.25) is 9.59 Å². The molecule has 6 nitrogen and oxygen atoms in total. The van der Waals surface area contributed by atoms with Crippen molar-refractivity contribution in [2.24, 2.45) is 0 Å². The van der Waals surface area contributed by atoms with Gasteiger partial charge in [0.05, 0.1) is 12.6 Å². The summed E-state index contributed by atoms with van der Waals surface area (Å²) in [6, 6.07) is 1.99. The van der Waals surface area contributed by atoms with Gasteiger partial charge in [-0.2, -0.15) is 5.26 Å². The van der Waals surface area contributed by atoms with Crippen molar-refractivity contribution < 1.29 is 9.59 Å². The molecule has 0 heterocycles. The van der Waals surface area contributed by atoms with E-state index in [1.165, 1.54) is 0 Å². The molecule has 0 radical (unpaired) electrons. The highest BCUT2D eigenvalue weighted by molar-refractivity contribution is 5.78. The van der Waals surface area contributed by atoms with E-state index in [1.54, 1.807) is 0 Å². The molecule has 0 aliphatic rings. The maximum Gasteiger partial charge on any atom is 0.234 e. The molecule has 0 fully saturated rings. The predicted octanol–water partition coefficient (Wildman–Crippen LogP) is -0.479. The van der Waals surface area contributed by atoms with Gasteiger partial charge < -0.3 is 16.0 Å². The Bertz CT molecular complexity index is 286. The summed E-state index contributed by atoms with van der Waals surface area (Å²) in [5.41, 5.74) is 0. The Morgan fingerprint density at radius 1 is 1.35 bits per heavy atom. The van der Waals surface area contributed by atoms with Gasteiger partial charge in [-0.1, -0.05) is 6.92 Å². The second kappa shape index (κ2) is 9.60. The van der Waals surface area contributed by atoms with Crippen molar-refractivity contribution in [3.63, 3.8) is 0 Å². The molecule has 2 amide bonds. The molecule has 0 rings (SSSR count). The molecule has 0 bridgehead atoms. The molecule has 6 heteroatoms. The number of carbonyl (C=O) groups is 2. The van der Waals surface area contributed by atoms with Crippen LogP contribution >= 0.6 is 0 Å². The summed E-state index contributed by atoms with van der Waals surface area (Å²) >= 11 is 0. The lowest BCUT2D eigenvalue weighted by molar-refractivity contribution is -0.122. The zero-order valence-corrected chi connectivity index (χ0v) is 10.4. The van der Waals surface area contributed by atoms with Gasteiger partial charge in [0, 0.05) is 19.0 Å². The highest BCUT2D eigenvalue weighted by Crippen LogP contribution is 1.88. The Morgan fingerprint density at radius 3 is 2.65 bits per heavy atom. The van der Waals surface area contributed by atoms with Crippen molar-refractivity contribution in [3.8, 4) is 6.07 Å². The molecule has 1 atom stereocenters. The molecule has 96 valence electrons. The lowest BCUT2D eigenvalue weighted by Crippen LogP contribution is -2.37. The summed E-state index contributed by atoms with van der Waals surface area (Å²) in [5, 5.41) is 16.3. The molecule has 0 spiro atoms. The van der Waals surface area contributed by atoms with E-state index in [1.807, 2.05) is 19.9 Å². The normalized spacial score (nSPS) is 11.4. The molecule has 0 saturated carbocycles. The summed E-state index contributed by atoms with van der Waals surface area (Å²) in [7, 11) is 0. The van der Waals surface area contributed by atoms with Gasteiger partial charge >= 0.3 is 0 Å². The van der Waals surface area contributed by atoms with Crippen molar-refractivity contribution in [2.45, 2.75) is 32.7 Å². The minimum atomic E-state index is -0.242. The molecular formula is C11H20N4O2. The SMILES string of the molecule is CCC(C)NC(=O)CCNCC(=O)NCC#N. The van der Waals surface area contributed by atoms with Crippen molar-refractivity contribution >= 4 is 11.8 Å². The molecule has 0 aliphatic heterocycles.